The first-order valence-corrected chi connectivity index (χ1v) is 7.93. The maximum atomic E-state index is 11.9. The second-order valence-electron chi connectivity index (χ2n) is 5.86. The monoisotopic (exact) mass is 289 g/mol. The fraction of sp³-hybridized carbons (Fsp3) is 0.625. The number of aromatic nitrogens is 1. The molecule has 3 heterocycles. The molecule has 1 aromatic heterocycles. The SMILES string of the molecule is O=C1CCCCN1c1ccc(OCC2CCNCC2)cn1. The van der Waals surface area contributed by atoms with Crippen LogP contribution in [0.25, 0.3) is 0 Å². The van der Waals surface area contributed by atoms with Gasteiger partial charge in [0, 0.05) is 13.0 Å². The first-order chi connectivity index (χ1) is 10.3. The zero-order valence-corrected chi connectivity index (χ0v) is 12.4. The largest absolute Gasteiger partial charge is 0.492 e. The van der Waals surface area contributed by atoms with E-state index in [1.54, 1.807) is 11.1 Å². The van der Waals surface area contributed by atoms with Crippen LogP contribution in [0.3, 0.4) is 0 Å². The van der Waals surface area contributed by atoms with Crippen LogP contribution in [0.5, 0.6) is 5.75 Å². The lowest BCUT2D eigenvalue weighted by Gasteiger charge is -2.26. The molecule has 1 aromatic rings. The second kappa shape index (κ2) is 6.89. The number of anilines is 1. The van der Waals surface area contributed by atoms with Crippen LogP contribution in [0.2, 0.25) is 0 Å². The van der Waals surface area contributed by atoms with Gasteiger partial charge in [0.2, 0.25) is 5.91 Å². The Bertz CT molecular complexity index is 469. The van der Waals surface area contributed by atoms with Gasteiger partial charge in [-0.2, -0.15) is 0 Å². The van der Waals surface area contributed by atoms with Gasteiger partial charge in [-0.25, -0.2) is 4.98 Å². The van der Waals surface area contributed by atoms with Gasteiger partial charge in [0.15, 0.2) is 0 Å². The average molecular weight is 289 g/mol. The van der Waals surface area contributed by atoms with Gasteiger partial charge in [-0.05, 0) is 56.8 Å². The molecule has 2 aliphatic rings. The molecule has 2 fully saturated rings. The van der Waals surface area contributed by atoms with E-state index in [0.29, 0.717) is 12.3 Å². The molecule has 0 bridgehead atoms. The van der Waals surface area contributed by atoms with Crippen molar-refractivity contribution in [2.45, 2.75) is 32.1 Å². The molecule has 0 spiro atoms. The second-order valence-corrected chi connectivity index (χ2v) is 5.86. The van der Waals surface area contributed by atoms with Crippen molar-refractivity contribution in [3.63, 3.8) is 0 Å². The Kier molecular flexibility index (Phi) is 4.70. The summed E-state index contributed by atoms with van der Waals surface area (Å²) >= 11 is 0. The lowest BCUT2D eigenvalue weighted by atomic mass is 9.99. The zero-order valence-electron chi connectivity index (χ0n) is 12.4. The average Bonchev–Trinajstić information content (AvgIpc) is 2.55. The predicted molar refractivity (Wildman–Crippen MR) is 81.5 cm³/mol. The van der Waals surface area contributed by atoms with Gasteiger partial charge >= 0.3 is 0 Å². The van der Waals surface area contributed by atoms with Crippen molar-refractivity contribution >= 4 is 11.7 Å². The molecule has 0 aliphatic carbocycles. The van der Waals surface area contributed by atoms with E-state index in [1.807, 2.05) is 12.1 Å². The van der Waals surface area contributed by atoms with E-state index in [4.69, 9.17) is 4.74 Å². The molecular formula is C16H23N3O2. The molecule has 0 saturated carbocycles. The molecule has 0 unspecified atom stereocenters. The number of piperidine rings is 2. The zero-order chi connectivity index (χ0) is 14.5. The van der Waals surface area contributed by atoms with Crippen molar-refractivity contribution in [2.24, 2.45) is 5.92 Å². The van der Waals surface area contributed by atoms with Gasteiger partial charge in [0.05, 0.1) is 12.8 Å². The van der Waals surface area contributed by atoms with Crippen LogP contribution in [0.15, 0.2) is 18.3 Å². The summed E-state index contributed by atoms with van der Waals surface area (Å²) in [6.45, 7) is 3.71. The number of nitrogens with zero attached hydrogens (tertiary/aromatic N) is 2. The summed E-state index contributed by atoms with van der Waals surface area (Å²) in [4.78, 5) is 18.0. The Morgan fingerprint density at radius 2 is 2.14 bits per heavy atom. The molecule has 5 nitrogen and oxygen atoms in total. The maximum Gasteiger partial charge on any atom is 0.228 e. The van der Waals surface area contributed by atoms with Crippen LogP contribution in [0.1, 0.15) is 32.1 Å². The summed E-state index contributed by atoms with van der Waals surface area (Å²) in [5, 5.41) is 3.36. The lowest BCUT2D eigenvalue weighted by molar-refractivity contribution is -0.119. The molecule has 2 saturated heterocycles. The molecule has 0 aromatic carbocycles. The van der Waals surface area contributed by atoms with Crippen LogP contribution in [0.4, 0.5) is 5.82 Å². The number of hydrogen-bond donors (Lipinski definition) is 1. The summed E-state index contributed by atoms with van der Waals surface area (Å²) in [7, 11) is 0. The van der Waals surface area contributed by atoms with Gasteiger partial charge in [0.25, 0.3) is 0 Å². The van der Waals surface area contributed by atoms with Gasteiger partial charge in [-0.3, -0.25) is 9.69 Å². The molecule has 1 N–H and O–H groups in total. The van der Waals surface area contributed by atoms with Crippen LogP contribution in [-0.4, -0.2) is 37.1 Å². The van der Waals surface area contributed by atoms with Crippen LogP contribution >= 0.6 is 0 Å². The molecular weight excluding hydrogens is 266 g/mol. The van der Waals surface area contributed by atoms with E-state index in [0.717, 1.165) is 50.7 Å². The van der Waals surface area contributed by atoms with E-state index in [2.05, 4.69) is 10.3 Å². The molecule has 2 aliphatic heterocycles. The minimum Gasteiger partial charge on any atom is -0.492 e. The highest BCUT2D eigenvalue weighted by Gasteiger charge is 2.20. The first-order valence-electron chi connectivity index (χ1n) is 7.93. The standard InChI is InChI=1S/C16H23N3O2/c20-16-3-1-2-10-19(16)15-5-4-14(11-18-15)21-12-13-6-8-17-9-7-13/h4-5,11,13,17H,1-3,6-10,12H2. The normalized spacial score (nSPS) is 20.6. The predicted octanol–water partition coefficient (Wildman–Crippen LogP) is 1.98. The van der Waals surface area contributed by atoms with Crippen molar-refractivity contribution < 1.29 is 9.53 Å². The van der Waals surface area contributed by atoms with E-state index in [1.165, 1.54) is 12.8 Å². The van der Waals surface area contributed by atoms with Gasteiger partial charge in [-0.1, -0.05) is 0 Å². The van der Waals surface area contributed by atoms with E-state index < -0.39 is 0 Å². The molecule has 1 amide bonds. The summed E-state index contributed by atoms with van der Waals surface area (Å²) in [5.41, 5.74) is 0. The molecule has 5 heteroatoms. The highest BCUT2D eigenvalue weighted by molar-refractivity contribution is 5.93. The van der Waals surface area contributed by atoms with E-state index >= 15 is 0 Å². The van der Waals surface area contributed by atoms with Crippen molar-refractivity contribution in [1.29, 1.82) is 0 Å². The summed E-state index contributed by atoms with van der Waals surface area (Å²) < 4.78 is 5.82. The lowest BCUT2D eigenvalue weighted by Crippen LogP contribution is -2.35. The minimum absolute atomic E-state index is 0.178. The fourth-order valence-electron chi connectivity index (χ4n) is 2.93. The van der Waals surface area contributed by atoms with Gasteiger partial charge in [-0.15, -0.1) is 0 Å². The Hall–Kier alpha value is -1.62. The number of nitrogens with one attached hydrogen (secondary N) is 1. The molecule has 3 rings (SSSR count). The number of carbonyl (C=O) groups excluding carboxylic acids is 1. The van der Waals surface area contributed by atoms with Gasteiger partial charge < -0.3 is 10.1 Å². The number of amides is 1. The Morgan fingerprint density at radius 1 is 1.29 bits per heavy atom. The van der Waals surface area contributed by atoms with Crippen LogP contribution < -0.4 is 15.0 Å². The van der Waals surface area contributed by atoms with Crippen molar-refractivity contribution in [3.8, 4) is 5.75 Å². The number of hydrogen-bond acceptors (Lipinski definition) is 4. The smallest absolute Gasteiger partial charge is 0.228 e. The minimum atomic E-state index is 0.178. The molecule has 21 heavy (non-hydrogen) atoms. The Balaban J connectivity index is 1.54. The van der Waals surface area contributed by atoms with Crippen molar-refractivity contribution in [1.82, 2.24) is 10.3 Å². The maximum absolute atomic E-state index is 11.9. The number of rotatable bonds is 4. The van der Waals surface area contributed by atoms with E-state index in [-0.39, 0.29) is 5.91 Å². The Morgan fingerprint density at radius 3 is 2.86 bits per heavy atom. The fourth-order valence-corrected chi connectivity index (χ4v) is 2.93. The molecule has 0 radical (unpaired) electrons. The molecule has 0 atom stereocenters. The summed E-state index contributed by atoms with van der Waals surface area (Å²) in [5.74, 6) is 2.35. The first kappa shape index (κ1) is 14.3. The highest BCUT2D eigenvalue weighted by Crippen LogP contribution is 2.21. The number of carbonyl (C=O) groups is 1. The van der Waals surface area contributed by atoms with Gasteiger partial charge in [0.1, 0.15) is 11.6 Å². The van der Waals surface area contributed by atoms with Crippen LogP contribution in [0, 0.1) is 5.92 Å². The quantitative estimate of drug-likeness (QED) is 0.921. The van der Waals surface area contributed by atoms with E-state index in [9.17, 15) is 4.79 Å². The number of ether oxygens (including phenoxy) is 1. The summed E-state index contributed by atoms with van der Waals surface area (Å²) in [6.07, 6.45) is 6.77. The third-order valence-corrected chi connectivity index (χ3v) is 4.27. The van der Waals surface area contributed by atoms with Crippen molar-refractivity contribution in [2.75, 3.05) is 31.1 Å². The van der Waals surface area contributed by atoms with Crippen molar-refractivity contribution in [3.05, 3.63) is 18.3 Å². The topological polar surface area (TPSA) is 54.5 Å². The summed E-state index contributed by atoms with van der Waals surface area (Å²) in [6, 6.07) is 3.81. The third-order valence-electron chi connectivity index (χ3n) is 4.27. The molecule has 114 valence electrons. The third kappa shape index (κ3) is 3.73. The van der Waals surface area contributed by atoms with Crippen LogP contribution in [-0.2, 0) is 4.79 Å². The number of pyridine rings is 1. The highest BCUT2D eigenvalue weighted by atomic mass is 16.5. The Labute approximate surface area is 125 Å².